The zero-order valence-corrected chi connectivity index (χ0v) is 9.50. The Morgan fingerprint density at radius 2 is 2.00 bits per heavy atom. The van der Waals surface area contributed by atoms with E-state index in [1.807, 2.05) is 0 Å². The molecule has 1 aromatic carbocycles. The van der Waals surface area contributed by atoms with Crippen molar-refractivity contribution in [2.24, 2.45) is 0 Å². The molecule has 0 aliphatic heterocycles. The minimum Gasteiger partial charge on any atom is -0.0764 e. The van der Waals surface area contributed by atoms with Crippen LogP contribution in [-0.4, -0.2) is 0 Å². The van der Waals surface area contributed by atoms with Gasteiger partial charge in [0.25, 0.3) is 0 Å². The van der Waals surface area contributed by atoms with Gasteiger partial charge in [0, 0.05) is 5.92 Å². The van der Waals surface area contributed by atoms with Gasteiger partial charge in [-0.25, -0.2) is 0 Å². The average Bonchev–Trinajstić information content (AvgIpc) is 2.36. The molecule has 0 nitrogen and oxygen atoms in total. The second-order valence-corrected chi connectivity index (χ2v) is 5.23. The lowest BCUT2D eigenvalue weighted by molar-refractivity contribution is 0.623. The van der Waals surface area contributed by atoms with Crippen molar-refractivity contribution >= 4 is 5.57 Å². The van der Waals surface area contributed by atoms with Gasteiger partial charge in [0.15, 0.2) is 0 Å². The van der Waals surface area contributed by atoms with Crippen LogP contribution < -0.4 is 0 Å². The summed E-state index contributed by atoms with van der Waals surface area (Å²) in [5.41, 5.74) is 7.99. The molecular formula is C16H16. The summed E-state index contributed by atoms with van der Waals surface area (Å²) >= 11 is 0. The van der Waals surface area contributed by atoms with Crippen LogP contribution in [0, 0.1) is 0 Å². The standard InChI is InChI=1S/C16H16/c1-3-11-7-9-13-5-2-6-14-10-8-12(4-1)15(11)16(13)14/h3,7-10,13H,1-2,4-6H2. The summed E-state index contributed by atoms with van der Waals surface area (Å²) in [5.74, 6) is 0.717. The SMILES string of the molecule is C1=CC2CCCc3ccc4c(c32)C1=CCC4. The Bertz CT molecular complexity index is 517. The van der Waals surface area contributed by atoms with E-state index in [1.165, 1.54) is 37.7 Å². The number of allylic oxidation sites excluding steroid dienone is 4. The molecule has 0 saturated heterocycles. The summed E-state index contributed by atoms with van der Waals surface area (Å²) in [7, 11) is 0. The normalized spacial score (nSPS) is 25.0. The monoisotopic (exact) mass is 208 g/mol. The summed E-state index contributed by atoms with van der Waals surface area (Å²) < 4.78 is 0. The van der Waals surface area contributed by atoms with Gasteiger partial charge in [-0.3, -0.25) is 0 Å². The van der Waals surface area contributed by atoms with E-state index in [4.69, 9.17) is 0 Å². The summed E-state index contributed by atoms with van der Waals surface area (Å²) in [6.45, 7) is 0. The predicted octanol–water partition coefficient (Wildman–Crippen LogP) is 4.01. The lowest BCUT2D eigenvalue weighted by atomic mass is 9.72. The van der Waals surface area contributed by atoms with E-state index in [0.29, 0.717) is 5.92 Å². The molecule has 1 aromatic rings. The second-order valence-electron chi connectivity index (χ2n) is 5.23. The molecule has 0 amide bonds. The van der Waals surface area contributed by atoms with E-state index in [-0.39, 0.29) is 0 Å². The summed E-state index contributed by atoms with van der Waals surface area (Å²) in [6.07, 6.45) is 13.7. The number of rotatable bonds is 0. The molecule has 0 radical (unpaired) electrons. The Morgan fingerprint density at radius 3 is 3.00 bits per heavy atom. The molecule has 0 bridgehead atoms. The highest BCUT2D eigenvalue weighted by molar-refractivity contribution is 5.83. The molecule has 0 aromatic heterocycles. The lowest BCUT2D eigenvalue weighted by Gasteiger charge is -2.32. The van der Waals surface area contributed by atoms with Crippen molar-refractivity contribution in [3.8, 4) is 0 Å². The fourth-order valence-corrected chi connectivity index (χ4v) is 3.60. The Hall–Kier alpha value is -1.30. The fourth-order valence-electron chi connectivity index (χ4n) is 3.60. The molecule has 0 heteroatoms. The fraction of sp³-hybridized carbons (Fsp3) is 0.375. The van der Waals surface area contributed by atoms with Crippen LogP contribution in [0.1, 0.15) is 47.4 Å². The van der Waals surface area contributed by atoms with E-state index in [0.717, 1.165) is 0 Å². The van der Waals surface area contributed by atoms with Crippen LogP contribution in [0.4, 0.5) is 0 Å². The minimum absolute atomic E-state index is 0.717. The molecular weight excluding hydrogens is 192 g/mol. The highest BCUT2D eigenvalue weighted by Crippen LogP contribution is 2.44. The molecule has 0 saturated carbocycles. The summed E-state index contributed by atoms with van der Waals surface area (Å²) in [6, 6.07) is 4.77. The third kappa shape index (κ3) is 1.05. The van der Waals surface area contributed by atoms with Crippen molar-refractivity contribution in [3.05, 3.63) is 52.6 Å². The number of benzene rings is 1. The van der Waals surface area contributed by atoms with Crippen molar-refractivity contribution < 1.29 is 0 Å². The number of aryl methyl sites for hydroxylation is 2. The van der Waals surface area contributed by atoms with E-state index < -0.39 is 0 Å². The second kappa shape index (κ2) is 3.10. The van der Waals surface area contributed by atoms with Crippen LogP contribution >= 0.6 is 0 Å². The Kier molecular flexibility index (Phi) is 1.71. The minimum atomic E-state index is 0.717. The van der Waals surface area contributed by atoms with Gasteiger partial charge in [0.1, 0.15) is 0 Å². The van der Waals surface area contributed by atoms with Crippen LogP contribution in [0.5, 0.6) is 0 Å². The predicted molar refractivity (Wildman–Crippen MR) is 67.6 cm³/mol. The molecule has 0 heterocycles. The highest BCUT2D eigenvalue weighted by Gasteiger charge is 2.28. The first-order chi connectivity index (χ1) is 7.93. The maximum Gasteiger partial charge on any atom is 0.00304 e. The van der Waals surface area contributed by atoms with Gasteiger partial charge in [0.05, 0.1) is 0 Å². The lowest BCUT2D eigenvalue weighted by Crippen LogP contribution is -2.16. The first-order valence-corrected chi connectivity index (χ1v) is 6.47. The molecule has 3 aliphatic carbocycles. The van der Waals surface area contributed by atoms with Gasteiger partial charge in [-0.05, 0) is 59.9 Å². The molecule has 0 fully saturated rings. The maximum absolute atomic E-state index is 2.44. The molecule has 80 valence electrons. The third-order valence-corrected chi connectivity index (χ3v) is 4.33. The van der Waals surface area contributed by atoms with Gasteiger partial charge in [-0.15, -0.1) is 0 Å². The first kappa shape index (κ1) is 8.81. The molecule has 1 unspecified atom stereocenters. The molecule has 3 aliphatic rings. The Labute approximate surface area is 96.7 Å². The van der Waals surface area contributed by atoms with E-state index >= 15 is 0 Å². The Morgan fingerprint density at radius 1 is 1.06 bits per heavy atom. The van der Waals surface area contributed by atoms with Crippen molar-refractivity contribution in [1.29, 1.82) is 0 Å². The number of hydrogen-bond donors (Lipinski definition) is 0. The third-order valence-electron chi connectivity index (χ3n) is 4.33. The van der Waals surface area contributed by atoms with Gasteiger partial charge in [-0.2, -0.15) is 0 Å². The first-order valence-electron chi connectivity index (χ1n) is 6.47. The van der Waals surface area contributed by atoms with Crippen molar-refractivity contribution in [1.82, 2.24) is 0 Å². The van der Waals surface area contributed by atoms with Crippen LogP contribution in [0.25, 0.3) is 5.57 Å². The van der Waals surface area contributed by atoms with Crippen molar-refractivity contribution in [2.75, 3.05) is 0 Å². The molecule has 0 spiro atoms. The van der Waals surface area contributed by atoms with E-state index in [1.54, 1.807) is 22.3 Å². The largest absolute Gasteiger partial charge is 0.0764 e. The maximum atomic E-state index is 2.44. The van der Waals surface area contributed by atoms with Crippen LogP contribution in [0.2, 0.25) is 0 Å². The molecule has 4 rings (SSSR count). The molecule has 0 N–H and O–H groups in total. The number of hydrogen-bond acceptors (Lipinski definition) is 0. The van der Waals surface area contributed by atoms with Gasteiger partial charge in [0.2, 0.25) is 0 Å². The Balaban J connectivity index is 2.07. The highest BCUT2D eigenvalue weighted by atomic mass is 14.3. The molecule has 1 atom stereocenters. The van der Waals surface area contributed by atoms with Crippen molar-refractivity contribution in [2.45, 2.75) is 38.0 Å². The summed E-state index contributed by atoms with van der Waals surface area (Å²) in [4.78, 5) is 0. The van der Waals surface area contributed by atoms with Crippen LogP contribution in [-0.2, 0) is 12.8 Å². The smallest absolute Gasteiger partial charge is 0.00304 e. The van der Waals surface area contributed by atoms with Gasteiger partial charge in [-0.1, -0.05) is 30.4 Å². The summed E-state index contributed by atoms with van der Waals surface area (Å²) in [5, 5.41) is 0. The zero-order valence-electron chi connectivity index (χ0n) is 9.50. The zero-order chi connectivity index (χ0) is 10.5. The van der Waals surface area contributed by atoms with Crippen LogP contribution in [0.15, 0.2) is 30.4 Å². The van der Waals surface area contributed by atoms with E-state index in [9.17, 15) is 0 Å². The quantitative estimate of drug-likeness (QED) is 0.604. The van der Waals surface area contributed by atoms with E-state index in [2.05, 4.69) is 30.4 Å². The van der Waals surface area contributed by atoms with Crippen LogP contribution in [0.3, 0.4) is 0 Å². The topological polar surface area (TPSA) is 0 Å². The van der Waals surface area contributed by atoms with Crippen molar-refractivity contribution in [3.63, 3.8) is 0 Å². The average molecular weight is 208 g/mol. The van der Waals surface area contributed by atoms with Gasteiger partial charge >= 0.3 is 0 Å². The molecule has 16 heavy (non-hydrogen) atoms. The van der Waals surface area contributed by atoms with Gasteiger partial charge < -0.3 is 0 Å².